The van der Waals surface area contributed by atoms with E-state index in [1.165, 1.54) is 9.13 Å². The predicted molar refractivity (Wildman–Crippen MR) is 113 cm³/mol. The number of hydrogen-bond acceptors (Lipinski definition) is 2. The van der Waals surface area contributed by atoms with Crippen molar-refractivity contribution < 1.29 is 0 Å². The van der Waals surface area contributed by atoms with Crippen molar-refractivity contribution in [1.29, 1.82) is 0 Å². The molecule has 0 saturated heterocycles. The normalized spacial score (nSPS) is 13.9. The average Bonchev–Trinajstić information content (AvgIpc) is 2.78. The fourth-order valence-corrected chi connectivity index (χ4v) is 4.13. The first-order valence-electron chi connectivity index (χ1n) is 8.21. The molecule has 1 aliphatic heterocycles. The van der Waals surface area contributed by atoms with Gasteiger partial charge in [0.2, 0.25) is 0 Å². The van der Waals surface area contributed by atoms with Crippen LogP contribution in [-0.4, -0.2) is 16.3 Å². The molecule has 2 heterocycles. The minimum Gasteiger partial charge on any atom is -0.370 e. The maximum Gasteiger partial charge on any atom is 0.133 e. The number of rotatable bonds is 2. The van der Waals surface area contributed by atoms with Crippen molar-refractivity contribution in [2.24, 2.45) is 0 Å². The second-order valence-electron chi connectivity index (χ2n) is 6.04. The molecule has 3 aromatic rings. The summed E-state index contributed by atoms with van der Waals surface area (Å²) >= 11 is 15.2. The minimum atomic E-state index is 0.631. The molecule has 1 aliphatic rings. The lowest BCUT2D eigenvalue weighted by Crippen LogP contribution is -2.07. The van der Waals surface area contributed by atoms with Gasteiger partial charge < -0.3 is 5.32 Å². The van der Waals surface area contributed by atoms with Gasteiger partial charge in [-0.15, -0.1) is 0 Å². The lowest BCUT2D eigenvalue weighted by molar-refractivity contribution is 0.780. The van der Waals surface area contributed by atoms with Gasteiger partial charge in [0, 0.05) is 21.2 Å². The van der Waals surface area contributed by atoms with E-state index in [9.17, 15) is 0 Å². The minimum absolute atomic E-state index is 0.631. The second-order valence-corrected chi connectivity index (χ2v) is 8.10. The molecule has 0 amide bonds. The van der Waals surface area contributed by atoms with Crippen LogP contribution in [0.25, 0.3) is 16.9 Å². The van der Waals surface area contributed by atoms with Crippen LogP contribution in [0.1, 0.15) is 18.4 Å². The van der Waals surface area contributed by atoms with Crippen LogP contribution in [-0.2, 0) is 6.42 Å². The Morgan fingerprint density at radius 2 is 1.72 bits per heavy atom. The van der Waals surface area contributed by atoms with Crippen LogP contribution < -0.4 is 5.32 Å². The Labute approximate surface area is 170 Å². The molecule has 0 aliphatic carbocycles. The Morgan fingerprint density at radius 1 is 1.00 bits per heavy atom. The van der Waals surface area contributed by atoms with Crippen molar-refractivity contribution in [2.45, 2.75) is 19.3 Å². The number of halogens is 3. The zero-order chi connectivity index (χ0) is 17.4. The summed E-state index contributed by atoms with van der Waals surface area (Å²) in [6.07, 6.45) is 3.22. The van der Waals surface area contributed by atoms with Crippen LogP contribution in [0.5, 0.6) is 0 Å². The van der Waals surface area contributed by atoms with Gasteiger partial charge in [0.15, 0.2) is 0 Å². The Hall–Kier alpha value is -1.24. The third-order valence-corrected chi connectivity index (χ3v) is 5.75. The maximum atomic E-state index is 6.47. The zero-order valence-electron chi connectivity index (χ0n) is 13.4. The predicted octanol–water partition coefficient (Wildman–Crippen LogP) is 6.20. The first-order chi connectivity index (χ1) is 12.1. The van der Waals surface area contributed by atoms with E-state index in [4.69, 9.17) is 28.3 Å². The molecule has 25 heavy (non-hydrogen) atoms. The average molecular weight is 484 g/mol. The molecule has 0 saturated carbocycles. The number of nitrogens with zero attached hydrogens (tertiary/aromatic N) is 2. The van der Waals surface area contributed by atoms with Gasteiger partial charge in [0.05, 0.1) is 15.7 Å². The number of benzene rings is 2. The highest BCUT2D eigenvalue weighted by molar-refractivity contribution is 14.1. The molecule has 4 rings (SSSR count). The van der Waals surface area contributed by atoms with Gasteiger partial charge in [-0.3, -0.25) is 0 Å². The highest BCUT2D eigenvalue weighted by Crippen LogP contribution is 2.40. The molecular weight excluding hydrogens is 468 g/mol. The molecule has 128 valence electrons. The summed E-state index contributed by atoms with van der Waals surface area (Å²) in [5.74, 6) is 1.05. The van der Waals surface area contributed by atoms with Gasteiger partial charge in [-0.25, -0.2) is 4.68 Å². The van der Waals surface area contributed by atoms with E-state index in [1.54, 1.807) is 0 Å². The van der Waals surface area contributed by atoms with Crippen molar-refractivity contribution in [1.82, 2.24) is 9.78 Å². The van der Waals surface area contributed by atoms with E-state index in [2.05, 4.69) is 52.2 Å². The Morgan fingerprint density at radius 3 is 2.44 bits per heavy atom. The molecule has 0 spiro atoms. The van der Waals surface area contributed by atoms with E-state index in [0.29, 0.717) is 10.0 Å². The van der Waals surface area contributed by atoms with Gasteiger partial charge >= 0.3 is 0 Å². The summed E-state index contributed by atoms with van der Waals surface area (Å²) in [6.45, 7) is 0.943. The van der Waals surface area contributed by atoms with E-state index >= 15 is 0 Å². The number of hydrogen-bond donors (Lipinski definition) is 1. The van der Waals surface area contributed by atoms with E-state index in [1.807, 2.05) is 22.9 Å². The molecule has 0 atom stereocenters. The molecule has 3 nitrogen and oxygen atoms in total. The largest absolute Gasteiger partial charge is 0.370 e. The first-order valence-corrected chi connectivity index (χ1v) is 10.0. The maximum absolute atomic E-state index is 6.47. The Kier molecular flexibility index (Phi) is 4.93. The second kappa shape index (κ2) is 7.17. The van der Waals surface area contributed by atoms with Crippen LogP contribution in [0.3, 0.4) is 0 Å². The van der Waals surface area contributed by atoms with Crippen molar-refractivity contribution in [3.05, 3.63) is 61.6 Å². The van der Waals surface area contributed by atoms with Crippen LogP contribution in [0.2, 0.25) is 10.0 Å². The number of aromatic nitrogens is 2. The summed E-state index contributed by atoms with van der Waals surface area (Å²) in [5, 5.41) is 9.72. The molecule has 2 aromatic carbocycles. The zero-order valence-corrected chi connectivity index (χ0v) is 17.1. The van der Waals surface area contributed by atoms with E-state index in [-0.39, 0.29) is 0 Å². The Bertz CT molecular complexity index is 899. The summed E-state index contributed by atoms with van der Waals surface area (Å²) in [7, 11) is 0. The van der Waals surface area contributed by atoms with Crippen LogP contribution >= 0.6 is 45.8 Å². The van der Waals surface area contributed by atoms with Gasteiger partial charge in [0.1, 0.15) is 11.5 Å². The molecule has 0 fully saturated rings. The highest BCUT2D eigenvalue weighted by Gasteiger charge is 2.24. The van der Waals surface area contributed by atoms with Crippen LogP contribution in [0, 0.1) is 3.57 Å². The molecule has 0 radical (unpaired) electrons. The number of anilines is 1. The smallest absolute Gasteiger partial charge is 0.133 e. The van der Waals surface area contributed by atoms with Gasteiger partial charge in [0.25, 0.3) is 0 Å². The first kappa shape index (κ1) is 17.2. The lowest BCUT2D eigenvalue weighted by atomic mass is 10.0. The van der Waals surface area contributed by atoms with Crippen LogP contribution in [0.15, 0.2) is 42.5 Å². The SMILES string of the molecule is Clc1cccc(Cl)c1-c1nn(-c2ccc(I)cc2)c2c1CCCCN2. The molecule has 1 N–H and O–H groups in total. The summed E-state index contributed by atoms with van der Waals surface area (Å²) < 4.78 is 3.17. The summed E-state index contributed by atoms with van der Waals surface area (Å²) in [6, 6.07) is 13.9. The quantitative estimate of drug-likeness (QED) is 0.440. The lowest BCUT2D eigenvalue weighted by Gasteiger charge is -2.09. The summed E-state index contributed by atoms with van der Waals surface area (Å²) in [4.78, 5) is 0. The van der Waals surface area contributed by atoms with Crippen molar-refractivity contribution in [3.63, 3.8) is 0 Å². The monoisotopic (exact) mass is 483 g/mol. The van der Waals surface area contributed by atoms with E-state index in [0.717, 1.165) is 48.6 Å². The fraction of sp³-hybridized carbons (Fsp3) is 0.211. The van der Waals surface area contributed by atoms with Gasteiger partial charge in [-0.1, -0.05) is 29.3 Å². The van der Waals surface area contributed by atoms with Crippen molar-refractivity contribution >= 4 is 51.6 Å². The standard InChI is InChI=1S/C19H16Cl2IN3/c20-15-5-3-6-16(21)17(15)18-14-4-1-2-11-23-19(14)25(24-18)13-9-7-12(22)8-10-13/h3,5-10,23H,1-2,4,11H2. The molecule has 1 aromatic heterocycles. The third kappa shape index (κ3) is 3.27. The van der Waals surface area contributed by atoms with Crippen molar-refractivity contribution in [3.8, 4) is 16.9 Å². The van der Waals surface area contributed by atoms with E-state index < -0.39 is 0 Å². The molecular formula is C19H16Cl2IN3. The fourth-order valence-electron chi connectivity index (χ4n) is 3.20. The molecule has 0 bridgehead atoms. The van der Waals surface area contributed by atoms with Crippen LogP contribution in [0.4, 0.5) is 5.82 Å². The topological polar surface area (TPSA) is 29.9 Å². The third-order valence-electron chi connectivity index (χ3n) is 4.40. The van der Waals surface area contributed by atoms with Crippen molar-refractivity contribution in [2.75, 3.05) is 11.9 Å². The molecule has 6 heteroatoms. The van der Waals surface area contributed by atoms with Gasteiger partial charge in [-0.2, -0.15) is 5.10 Å². The summed E-state index contributed by atoms with van der Waals surface area (Å²) in [5.41, 5.74) is 3.90. The Balaban J connectivity index is 1.95. The van der Waals surface area contributed by atoms with Gasteiger partial charge in [-0.05, 0) is 78.3 Å². The highest BCUT2D eigenvalue weighted by atomic mass is 127. The number of fused-ring (bicyclic) bond motifs is 1. The molecule has 0 unspecified atom stereocenters. The number of nitrogens with one attached hydrogen (secondary N) is 1.